The minimum atomic E-state index is -0.648. The number of likely N-dealkylation sites (N-methyl/N-ethyl adjacent to an activating group) is 1. The molecule has 1 saturated heterocycles. The van der Waals surface area contributed by atoms with Crippen molar-refractivity contribution in [3.05, 3.63) is 45.4 Å². The van der Waals surface area contributed by atoms with Gasteiger partial charge in [-0.05, 0) is 25.2 Å². The van der Waals surface area contributed by atoms with Crippen LogP contribution < -0.4 is 5.32 Å². The molecule has 12 heteroatoms. The van der Waals surface area contributed by atoms with Gasteiger partial charge in [-0.2, -0.15) is 0 Å². The topological polar surface area (TPSA) is 117 Å². The molecule has 2 aromatic heterocycles. The molecule has 150 valence electrons. The van der Waals surface area contributed by atoms with E-state index in [9.17, 15) is 14.9 Å². The molecule has 10 nitrogen and oxygen atoms in total. The first-order valence-corrected chi connectivity index (χ1v) is 9.92. The molecule has 3 aromatic rings. The Balaban J connectivity index is 1.59. The first-order chi connectivity index (χ1) is 13.9. The van der Waals surface area contributed by atoms with Crippen molar-refractivity contribution in [1.82, 2.24) is 24.8 Å². The average Bonchev–Trinajstić information content (AvgIpc) is 3.09. The van der Waals surface area contributed by atoms with Crippen molar-refractivity contribution in [3.63, 3.8) is 0 Å². The Kier molecular flexibility index (Phi) is 5.26. The number of nitrogens with zero attached hydrogens (tertiary/aromatic N) is 6. The van der Waals surface area contributed by atoms with Crippen molar-refractivity contribution in [2.45, 2.75) is 0 Å². The minimum Gasteiger partial charge on any atom is -0.336 e. The van der Waals surface area contributed by atoms with E-state index in [0.717, 1.165) is 24.1 Å². The van der Waals surface area contributed by atoms with E-state index in [1.54, 1.807) is 18.2 Å². The zero-order valence-corrected chi connectivity index (χ0v) is 16.9. The highest BCUT2D eigenvalue weighted by Gasteiger charge is 2.23. The van der Waals surface area contributed by atoms with Crippen LogP contribution in [0.2, 0.25) is 5.15 Å². The standard InChI is InChI=1S/C17H16ClN7O3S/c1-23-4-6-24(7-5-23)16(26)10-2-3-11-12(8-10)29-17(21-11)22-15-13(25(27)28)14(18)19-9-20-15/h2-3,8-9H,4-7H2,1H3,(H,19,20,21,22). The lowest BCUT2D eigenvalue weighted by Crippen LogP contribution is -2.47. The number of thiazole rings is 1. The van der Waals surface area contributed by atoms with Gasteiger partial charge in [0.25, 0.3) is 5.91 Å². The van der Waals surface area contributed by atoms with Gasteiger partial charge in [-0.15, -0.1) is 0 Å². The SMILES string of the molecule is CN1CCN(C(=O)c2ccc3nc(Nc4ncnc(Cl)c4[N+](=O)[O-])sc3c2)CC1. The summed E-state index contributed by atoms with van der Waals surface area (Å²) in [6.07, 6.45) is 1.14. The highest BCUT2D eigenvalue weighted by molar-refractivity contribution is 7.22. The van der Waals surface area contributed by atoms with Gasteiger partial charge in [0.2, 0.25) is 11.0 Å². The summed E-state index contributed by atoms with van der Waals surface area (Å²) in [5.74, 6) is -0.0519. The number of nitrogens with one attached hydrogen (secondary N) is 1. The van der Waals surface area contributed by atoms with Crippen molar-refractivity contribution in [1.29, 1.82) is 0 Å². The summed E-state index contributed by atoms with van der Waals surface area (Å²) in [5.41, 5.74) is 0.850. The van der Waals surface area contributed by atoms with Crippen LogP contribution in [-0.2, 0) is 0 Å². The molecule has 1 N–H and O–H groups in total. The van der Waals surface area contributed by atoms with E-state index in [1.165, 1.54) is 11.3 Å². The van der Waals surface area contributed by atoms with Gasteiger partial charge in [-0.1, -0.05) is 22.9 Å². The summed E-state index contributed by atoms with van der Waals surface area (Å²) in [6, 6.07) is 5.30. The number of anilines is 2. The molecule has 4 rings (SSSR count). The van der Waals surface area contributed by atoms with E-state index in [2.05, 4.69) is 25.2 Å². The van der Waals surface area contributed by atoms with Crippen molar-refractivity contribution in [3.8, 4) is 0 Å². The fourth-order valence-electron chi connectivity index (χ4n) is 3.02. The summed E-state index contributed by atoms with van der Waals surface area (Å²) < 4.78 is 0.787. The summed E-state index contributed by atoms with van der Waals surface area (Å²) >= 11 is 7.08. The zero-order valence-electron chi connectivity index (χ0n) is 15.3. The van der Waals surface area contributed by atoms with Gasteiger partial charge in [0, 0.05) is 31.7 Å². The summed E-state index contributed by atoms with van der Waals surface area (Å²) in [5, 5.41) is 14.2. The lowest BCUT2D eigenvalue weighted by molar-refractivity contribution is -0.384. The number of amides is 1. The molecule has 29 heavy (non-hydrogen) atoms. The number of carbonyl (C=O) groups excluding carboxylic acids is 1. The van der Waals surface area contributed by atoms with Crippen LogP contribution >= 0.6 is 22.9 Å². The third kappa shape index (κ3) is 3.97. The number of hydrogen-bond acceptors (Lipinski definition) is 9. The zero-order chi connectivity index (χ0) is 20.5. The molecule has 0 atom stereocenters. The molecule has 0 saturated carbocycles. The number of aromatic nitrogens is 3. The van der Waals surface area contributed by atoms with Crippen molar-refractivity contribution < 1.29 is 9.72 Å². The van der Waals surface area contributed by atoms with E-state index in [1.807, 2.05) is 11.9 Å². The van der Waals surface area contributed by atoms with Gasteiger partial charge in [-0.25, -0.2) is 15.0 Å². The summed E-state index contributed by atoms with van der Waals surface area (Å²) in [4.78, 5) is 39.3. The van der Waals surface area contributed by atoms with E-state index in [4.69, 9.17) is 11.6 Å². The maximum absolute atomic E-state index is 12.8. The lowest BCUT2D eigenvalue weighted by atomic mass is 10.1. The van der Waals surface area contributed by atoms with Gasteiger partial charge in [0.05, 0.1) is 15.1 Å². The fraction of sp³-hybridized carbons (Fsp3) is 0.294. The quantitative estimate of drug-likeness (QED) is 0.379. The second-order valence-corrected chi connectivity index (χ2v) is 7.93. The summed E-state index contributed by atoms with van der Waals surface area (Å²) in [6.45, 7) is 3.09. The monoisotopic (exact) mass is 433 g/mol. The third-order valence-electron chi connectivity index (χ3n) is 4.61. The van der Waals surface area contributed by atoms with Crippen molar-refractivity contribution in [2.24, 2.45) is 0 Å². The Hall–Kier alpha value is -2.89. The number of fused-ring (bicyclic) bond motifs is 1. The van der Waals surface area contributed by atoms with Gasteiger partial charge in [-0.3, -0.25) is 14.9 Å². The minimum absolute atomic E-state index is 0.0128. The van der Waals surface area contributed by atoms with Crippen LogP contribution in [-0.4, -0.2) is 68.8 Å². The molecule has 0 radical (unpaired) electrons. The van der Waals surface area contributed by atoms with Crippen LogP contribution in [0, 0.1) is 10.1 Å². The smallest absolute Gasteiger partial charge is 0.336 e. The second kappa shape index (κ2) is 7.85. The number of benzene rings is 1. The molecular weight excluding hydrogens is 418 g/mol. The van der Waals surface area contributed by atoms with Crippen LogP contribution in [0.4, 0.5) is 16.6 Å². The molecule has 1 aromatic carbocycles. The summed E-state index contributed by atoms with van der Waals surface area (Å²) in [7, 11) is 2.04. The van der Waals surface area contributed by atoms with Crippen molar-refractivity contribution >= 4 is 55.7 Å². The van der Waals surface area contributed by atoms with E-state index < -0.39 is 10.6 Å². The van der Waals surface area contributed by atoms with Gasteiger partial charge < -0.3 is 15.1 Å². The van der Waals surface area contributed by atoms with Crippen LogP contribution in [0.25, 0.3) is 10.2 Å². The average molecular weight is 434 g/mol. The highest BCUT2D eigenvalue weighted by atomic mass is 35.5. The number of halogens is 1. The van der Waals surface area contributed by atoms with Crippen LogP contribution in [0.1, 0.15) is 10.4 Å². The van der Waals surface area contributed by atoms with Gasteiger partial charge >= 0.3 is 5.69 Å². The molecule has 0 aliphatic carbocycles. The molecule has 1 amide bonds. The Morgan fingerprint density at radius 3 is 2.76 bits per heavy atom. The number of rotatable bonds is 4. The van der Waals surface area contributed by atoms with Crippen molar-refractivity contribution in [2.75, 3.05) is 38.5 Å². The Labute approximate surface area is 174 Å². The predicted octanol–water partition coefficient (Wildman–Crippen LogP) is 2.78. The van der Waals surface area contributed by atoms with Crippen LogP contribution in [0.5, 0.6) is 0 Å². The molecular formula is C17H16ClN7O3S. The lowest BCUT2D eigenvalue weighted by Gasteiger charge is -2.32. The first-order valence-electron chi connectivity index (χ1n) is 8.72. The van der Waals surface area contributed by atoms with E-state index in [-0.39, 0.29) is 16.9 Å². The predicted molar refractivity (Wildman–Crippen MR) is 110 cm³/mol. The Morgan fingerprint density at radius 2 is 2.03 bits per heavy atom. The van der Waals surface area contributed by atoms with Gasteiger partial charge in [0.1, 0.15) is 6.33 Å². The number of piperazine rings is 1. The normalized spacial score (nSPS) is 14.9. The fourth-order valence-corrected chi connectivity index (χ4v) is 4.12. The first kappa shape index (κ1) is 19.4. The molecule has 0 bridgehead atoms. The highest BCUT2D eigenvalue weighted by Crippen LogP contribution is 2.34. The Morgan fingerprint density at radius 1 is 1.28 bits per heavy atom. The molecule has 0 unspecified atom stereocenters. The van der Waals surface area contributed by atoms with Crippen LogP contribution in [0.3, 0.4) is 0 Å². The molecule has 1 fully saturated rings. The molecule has 3 heterocycles. The second-order valence-electron chi connectivity index (χ2n) is 6.54. The number of carbonyl (C=O) groups is 1. The van der Waals surface area contributed by atoms with Gasteiger partial charge in [0.15, 0.2) is 5.13 Å². The van der Waals surface area contributed by atoms with E-state index in [0.29, 0.717) is 29.3 Å². The maximum atomic E-state index is 12.8. The largest absolute Gasteiger partial charge is 0.348 e. The third-order valence-corrected chi connectivity index (χ3v) is 5.82. The molecule has 0 spiro atoms. The Bertz CT molecular complexity index is 1100. The molecule has 1 aliphatic heterocycles. The number of hydrogen-bond donors (Lipinski definition) is 1. The maximum Gasteiger partial charge on any atom is 0.348 e. The van der Waals surface area contributed by atoms with Crippen LogP contribution in [0.15, 0.2) is 24.5 Å². The number of nitro groups is 1. The molecule has 1 aliphatic rings. The van der Waals surface area contributed by atoms with E-state index >= 15 is 0 Å².